The molecule has 0 unspecified atom stereocenters. The number of rotatable bonds is 4. The molecule has 1 aromatic carbocycles. The summed E-state index contributed by atoms with van der Waals surface area (Å²) in [5, 5.41) is 3.63. The van der Waals surface area contributed by atoms with Crippen LogP contribution in [-0.2, 0) is 6.42 Å². The third-order valence-corrected chi connectivity index (χ3v) is 3.52. The molecule has 0 aliphatic carbocycles. The summed E-state index contributed by atoms with van der Waals surface area (Å²) in [4.78, 5) is 16.2. The first-order valence-corrected chi connectivity index (χ1v) is 7.05. The van der Waals surface area contributed by atoms with Crippen molar-refractivity contribution in [3.05, 3.63) is 71.1 Å². The van der Waals surface area contributed by atoms with Gasteiger partial charge in [0.2, 0.25) is 0 Å². The van der Waals surface area contributed by atoms with E-state index in [4.69, 9.17) is 11.6 Å². The maximum Gasteiger partial charge on any atom is 0.252 e. The number of amides is 1. The maximum atomic E-state index is 12.1. The van der Waals surface area contributed by atoms with Crippen LogP contribution in [0.25, 0.3) is 5.65 Å². The number of carbonyl (C=O) groups is 1. The Morgan fingerprint density at radius 2 is 2.00 bits per heavy atom. The molecule has 106 valence electrons. The van der Waals surface area contributed by atoms with Gasteiger partial charge in [-0.25, -0.2) is 4.98 Å². The highest BCUT2D eigenvalue weighted by Gasteiger charge is 2.06. The van der Waals surface area contributed by atoms with Crippen molar-refractivity contribution in [1.29, 1.82) is 0 Å². The van der Waals surface area contributed by atoms with Crippen LogP contribution in [0.15, 0.2) is 55.0 Å². The van der Waals surface area contributed by atoms with Gasteiger partial charge in [-0.15, -0.1) is 0 Å². The Hall–Kier alpha value is -2.33. The number of nitrogens with zero attached hydrogens (tertiary/aromatic N) is 2. The molecule has 0 spiro atoms. The smallest absolute Gasteiger partial charge is 0.252 e. The largest absolute Gasteiger partial charge is 0.352 e. The number of nitrogens with one attached hydrogen (secondary N) is 1. The van der Waals surface area contributed by atoms with Crippen molar-refractivity contribution in [3.8, 4) is 0 Å². The van der Waals surface area contributed by atoms with E-state index < -0.39 is 0 Å². The minimum atomic E-state index is -0.0837. The van der Waals surface area contributed by atoms with Gasteiger partial charge in [0, 0.05) is 30.2 Å². The molecule has 2 aromatic heterocycles. The molecular formula is C16H14ClN3O. The number of hydrogen-bond donors (Lipinski definition) is 1. The van der Waals surface area contributed by atoms with Crippen LogP contribution >= 0.6 is 11.6 Å². The Morgan fingerprint density at radius 3 is 2.81 bits per heavy atom. The third kappa shape index (κ3) is 3.23. The predicted octanol–water partition coefficient (Wildman–Crippen LogP) is 2.96. The van der Waals surface area contributed by atoms with Gasteiger partial charge in [0.15, 0.2) is 0 Å². The molecule has 0 fully saturated rings. The standard InChI is InChI=1S/C16H14ClN3O/c17-14-4-1-12(2-5-14)7-8-19-16(21)13-3-6-15-18-9-10-20(15)11-13/h1-6,9-11H,7-8H2,(H,19,21). The molecule has 1 amide bonds. The lowest BCUT2D eigenvalue weighted by molar-refractivity contribution is 0.0953. The van der Waals surface area contributed by atoms with Gasteiger partial charge in [0.1, 0.15) is 5.65 Å². The lowest BCUT2D eigenvalue weighted by atomic mass is 10.1. The van der Waals surface area contributed by atoms with Crippen LogP contribution in [0.3, 0.4) is 0 Å². The quantitative estimate of drug-likeness (QED) is 0.805. The van der Waals surface area contributed by atoms with E-state index in [1.54, 1.807) is 18.5 Å². The molecular weight excluding hydrogens is 286 g/mol. The minimum Gasteiger partial charge on any atom is -0.352 e. The van der Waals surface area contributed by atoms with Gasteiger partial charge >= 0.3 is 0 Å². The van der Waals surface area contributed by atoms with E-state index >= 15 is 0 Å². The number of fused-ring (bicyclic) bond motifs is 1. The highest BCUT2D eigenvalue weighted by atomic mass is 35.5. The highest BCUT2D eigenvalue weighted by Crippen LogP contribution is 2.09. The van der Waals surface area contributed by atoms with E-state index in [9.17, 15) is 4.79 Å². The molecule has 0 saturated carbocycles. The van der Waals surface area contributed by atoms with Crippen LogP contribution in [0.2, 0.25) is 5.02 Å². The first-order valence-electron chi connectivity index (χ1n) is 6.68. The molecule has 0 radical (unpaired) electrons. The molecule has 5 heteroatoms. The SMILES string of the molecule is O=C(NCCc1ccc(Cl)cc1)c1ccc2nccn2c1. The Morgan fingerprint density at radius 1 is 1.19 bits per heavy atom. The molecule has 2 heterocycles. The molecule has 21 heavy (non-hydrogen) atoms. The summed E-state index contributed by atoms with van der Waals surface area (Å²) < 4.78 is 1.83. The Balaban J connectivity index is 1.59. The average molecular weight is 300 g/mol. The van der Waals surface area contributed by atoms with Crippen LogP contribution in [0.4, 0.5) is 0 Å². The zero-order chi connectivity index (χ0) is 14.7. The van der Waals surface area contributed by atoms with Gasteiger partial charge in [-0.3, -0.25) is 4.79 Å². The van der Waals surface area contributed by atoms with Crippen molar-refractivity contribution < 1.29 is 4.79 Å². The Bertz CT molecular complexity index is 765. The summed E-state index contributed by atoms with van der Waals surface area (Å²) >= 11 is 5.84. The van der Waals surface area contributed by atoms with Crippen molar-refractivity contribution >= 4 is 23.2 Å². The van der Waals surface area contributed by atoms with Gasteiger partial charge in [0.25, 0.3) is 5.91 Å². The topological polar surface area (TPSA) is 46.4 Å². The fourth-order valence-electron chi connectivity index (χ4n) is 2.13. The number of hydrogen-bond acceptors (Lipinski definition) is 2. The molecule has 0 aliphatic heterocycles. The number of imidazole rings is 1. The van der Waals surface area contributed by atoms with Crippen LogP contribution in [0.1, 0.15) is 15.9 Å². The van der Waals surface area contributed by atoms with Gasteiger partial charge < -0.3 is 9.72 Å². The van der Waals surface area contributed by atoms with E-state index in [1.165, 1.54) is 0 Å². The number of pyridine rings is 1. The van der Waals surface area contributed by atoms with E-state index in [1.807, 2.05) is 40.9 Å². The van der Waals surface area contributed by atoms with Crippen molar-refractivity contribution in [2.24, 2.45) is 0 Å². The maximum absolute atomic E-state index is 12.1. The molecule has 0 atom stereocenters. The first kappa shape index (κ1) is 13.6. The number of aromatic nitrogens is 2. The summed E-state index contributed by atoms with van der Waals surface area (Å²) in [5.41, 5.74) is 2.59. The number of carbonyl (C=O) groups excluding carboxylic acids is 1. The summed E-state index contributed by atoms with van der Waals surface area (Å²) in [6, 6.07) is 11.2. The normalized spacial score (nSPS) is 10.7. The highest BCUT2D eigenvalue weighted by molar-refractivity contribution is 6.30. The second-order valence-corrected chi connectivity index (χ2v) is 5.18. The molecule has 4 nitrogen and oxygen atoms in total. The second-order valence-electron chi connectivity index (χ2n) is 4.74. The van der Waals surface area contributed by atoms with Crippen molar-refractivity contribution in [1.82, 2.24) is 14.7 Å². The molecule has 0 bridgehead atoms. The zero-order valence-electron chi connectivity index (χ0n) is 11.3. The first-order chi connectivity index (χ1) is 10.2. The molecule has 3 aromatic rings. The Labute approximate surface area is 127 Å². The van der Waals surface area contributed by atoms with Gasteiger partial charge in [0.05, 0.1) is 5.56 Å². The van der Waals surface area contributed by atoms with Crippen LogP contribution in [-0.4, -0.2) is 21.8 Å². The fraction of sp³-hybridized carbons (Fsp3) is 0.125. The lowest BCUT2D eigenvalue weighted by Crippen LogP contribution is -2.25. The van der Waals surface area contributed by atoms with E-state index in [2.05, 4.69) is 10.3 Å². The molecule has 1 N–H and O–H groups in total. The fourth-order valence-corrected chi connectivity index (χ4v) is 2.25. The van der Waals surface area contributed by atoms with Crippen molar-refractivity contribution in [3.63, 3.8) is 0 Å². The predicted molar refractivity (Wildman–Crippen MR) is 82.7 cm³/mol. The summed E-state index contributed by atoms with van der Waals surface area (Å²) in [7, 11) is 0. The van der Waals surface area contributed by atoms with Crippen LogP contribution in [0, 0.1) is 0 Å². The van der Waals surface area contributed by atoms with Crippen LogP contribution in [0.5, 0.6) is 0 Å². The van der Waals surface area contributed by atoms with Gasteiger partial charge in [-0.1, -0.05) is 23.7 Å². The summed E-state index contributed by atoms with van der Waals surface area (Å²) in [6.07, 6.45) is 6.08. The van der Waals surface area contributed by atoms with E-state index in [-0.39, 0.29) is 5.91 Å². The monoisotopic (exact) mass is 299 g/mol. The van der Waals surface area contributed by atoms with Crippen LogP contribution < -0.4 is 5.32 Å². The Kier molecular flexibility index (Phi) is 3.88. The summed E-state index contributed by atoms with van der Waals surface area (Å²) in [5.74, 6) is -0.0837. The van der Waals surface area contributed by atoms with Crippen molar-refractivity contribution in [2.75, 3.05) is 6.54 Å². The summed E-state index contributed by atoms with van der Waals surface area (Å²) in [6.45, 7) is 0.586. The third-order valence-electron chi connectivity index (χ3n) is 3.26. The molecule has 0 saturated heterocycles. The zero-order valence-corrected chi connectivity index (χ0v) is 12.0. The number of halogens is 1. The minimum absolute atomic E-state index is 0.0837. The second kappa shape index (κ2) is 5.97. The molecule has 0 aliphatic rings. The molecule has 3 rings (SSSR count). The average Bonchev–Trinajstić information content (AvgIpc) is 2.96. The van der Waals surface area contributed by atoms with Crippen molar-refractivity contribution in [2.45, 2.75) is 6.42 Å². The van der Waals surface area contributed by atoms with E-state index in [0.717, 1.165) is 22.7 Å². The van der Waals surface area contributed by atoms with Gasteiger partial charge in [-0.05, 0) is 36.2 Å². The number of benzene rings is 1. The van der Waals surface area contributed by atoms with E-state index in [0.29, 0.717) is 12.1 Å². The lowest BCUT2D eigenvalue weighted by Gasteiger charge is -2.06. The van der Waals surface area contributed by atoms with Gasteiger partial charge in [-0.2, -0.15) is 0 Å².